The molecule has 0 heterocycles. The molecule has 1 saturated carbocycles. The monoisotopic (exact) mass is 326 g/mol. The number of rotatable bonds is 4. The van der Waals surface area contributed by atoms with E-state index in [-0.39, 0.29) is 0 Å². The third kappa shape index (κ3) is 3.11. The van der Waals surface area contributed by atoms with E-state index < -0.39 is 11.4 Å². The Balaban J connectivity index is 2.31. The van der Waals surface area contributed by atoms with E-state index in [0.717, 1.165) is 47.9 Å². The van der Waals surface area contributed by atoms with Crippen LogP contribution in [0.4, 0.5) is 0 Å². The molecule has 19 heavy (non-hydrogen) atoms. The molecule has 104 valence electrons. The fourth-order valence-corrected chi connectivity index (χ4v) is 3.35. The summed E-state index contributed by atoms with van der Waals surface area (Å²) in [5.41, 5.74) is 0.355. The minimum atomic E-state index is -0.672. The zero-order valence-electron chi connectivity index (χ0n) is 11.1. The van der Waals surface area contributed by atoms with Crippen LogP contribution in [-0.2, 0) is 11.2 Å². The number of hydrogen-bond acceptors (Lipinski definition) is 2. The molecule has 0 spiro atoms. The highest BCUT2D eigenvalue weighted by molar-refractivity contribution is 9.10. The highest BCUT2D eigenvalue weighted by Gasteiger charge is 2.40. The number of methoxy groups -OCH3 is 1. The van der Waals surface area contributed by atoms with E-state index >= 15 is 0 Å². The van der Waals surface area contributed by atoms with Crippen LogP contribution in [0.5, 0.6) is 5.75 Å². The maximum Gasteiger partial charge on any atom is 0.309 e. The SMILES string of the molecule is COc1ccc(Br)cc1CC1(C(=O)O)CCCCC1. The van der Waals surface area contributed by atoms with Crippen molar-refractivity contribution in [3.63, 3.8) is 0 Å². The van der Waals surface area contributed by atoms with E-state index in [1.165, 1.54) is 0 Å². The molecule has 0 amide bonds. The van der Waals surface area contributed by atoms with Crippen LogP contribution < -0.4 is 4.74 Å². The molecule has 4 heteroatoms. The average molecular weight is 327 g/mol. The smallest absolute Gasteiger partial charge is 0.309 e. The van der Waals surface area contributed by atoms with E-state index in [2.05, 4.69) is 15.9 Å². The van der Waals surface area contributed by atoms with E-state index in [1.807, 2.05) is 18.2 Å². The Labute approximate surface area is 122 Å². The summed E-state index contributed by atoms with van der Waals surface area (Å²) >= 11 is 3.44. The standard InChI is InChI=1S/C15H19BrO3/c1-19-13-6-5-12(16)9-11(13)10-15(14(17)18)7-3-2-4-8-15/h5-6,9H,2-4,7-8,10H2,1H3,(H,17,18). The van der Waals surface area contributed by atoms with Gasteiger partial charge >= 0.3 is 5.97 Å². The summed E-state index contributed by atoms with van der Waals surface area (Å²) in [5.74, 6) is 0.101. The molecule has 1 fully saturated rings. The van der Waals surface area contributed by atoms with Gasteiger partial charge in [0.15, 0.2) is 0 Å². The third-order valence-corrected chi connectivity index (χ3v) is 4.53. The lowest BCUT2D eigenvalue weighted by Gasteiger charge is -2.33. The lowest BCUT2D eigenvalue weighted by molar-refractivity contribution is -0.151. The molecule has 1 aromatic carbocycles. The predicted octanol–water partition coefficient (Wildman–Crippen LogP) is 4.04. The molecule has 0 unspecified atom stereocenters. The second-order valence-corrected chi connectivity index (χ2v) is 6.19. The topological polar surface area (TPSA) is 46.5 Å². The molecule has 0 bridgehead atoms. The first-order chi connectivity index (χ1) is 9.07. The van der Waals surface area contributed by atoms with Gasteiger partial charge in [-0.2, -0.15) is 0 Å². The predicted molar refractivity (Wildman–Crippen MR) is 77.6 cm³/mol. The van der Waals surface area contributed by atoms with Crippen molar-refractivity contribution in [1.29, 1.82) is 0 Å². The Morgan fingerprint density at radius 2 is 2.05 bits per heavy atom. The van der Waals surface area contributed by atoms with Gasteiger partial charge in [-0.25, -0.2) is 0 Å². The zero-order valence-corrected chi connectivity index (χ0v) is 12.7. The Kier molecular flexibility index (Phi) is 4.50. The van der Waals surface area contributed by atoms with Crippen LogP contribution in [0.3, 0.4) is 0 Å². The van der Waals surface area contributed by atoms with Crippen LogP contribution >= 0.6 is 15.9 Å². The lowest BCUT2D eigenvalue weighted by Crippen LogP contribution is -2.35. The van der Waals surface area contributed by atoms with E-state index in [0.29, 0.717) is 6.42 Å². The first-order valence-corrected chi connectivity index (χ1v) is 7.42. The van der Waals surface area contributed by atoms with Gasteiger partial charge in [-0.3, -0.25) is 4.79 Å². The van der Waals surface area contributed by atoms with Gasteiger partial charge < -0.3 is 9.84 Å². The molecule has 1 aliphatic rings. The maximum atomic E-state index is 11.7. The number of hydrogen-bond donors (Lipinski definition) is 1. The number of aliphatic carboxylic acids is 1. The Morgan fingerprint density at radius 1 is 1.37 bits per heavy atom. The summed E-state index contributed by atoms with van der Waals surface area (Å²) in [4.78, 5) is 11.7. The quantitative estimate of drug-likeness (QED) is 0.908. The summed E-state index contributed by atoms with van der Waals surface area (Å²) < 4.78 is 6.31. The van der Waals surface area contributed by atoms with Gasteiger partial charge in [0, 0.05) is 4.47 Å². The van der Waals surface area contributed by atoms with Crippen molar-refractivity contribution >= 4 is 21.9 Å². The summed E-state index contributed by atoms with van der Waals surface area (Å²) in [6, 6.07) is 5.77. The Bertz CT molecular complexity index is 464. The van der Waals surface area contributed by atoms with Crippen LogP contribution in [0, 0.1) is 5.41 Å². The van der Waals surface area contributed by atoms with Gasteiger partial charge in [-0.05, 0) is 43.0 Å². The Hall–Kier alpha value is -1.03. The molecular weight excluding hydrogens is 308 g/mol. The zero-order chi connectivity index (χ0) is 13.9. The summed E-state index contributed by atoms with van der Waals surface area (Å²) in [5, 5.41) is 9.63. The van der Waals surface area contributed by atoms with Crippen molar-refractivity contribution in [2.24, 2.45) is 5.41 Å². The van der Waals surface area contributed by atoms with Gasteiger partial charge in [0.1, 0.15) is 5.75 Å². The van der Waals surface area contributed by atoms with Gasteiger partial charge in [-0.15, -0.1) is 0 Å². The van der Waals surface area contributed by atoms with E-state index in [1.54, 1.807) is 7.11 Å². The highest BCUT2D eigenvalue weighted by Crippen LogP contribution is 2.41. The number of carboxylic acid groups (broad SMARTS) is 1. The van der Waals surface area contributed by atoms with Crippen LogP contribution in [0.25, 0.3) is 0 Å². The molecule has 0 aliphatic heterocycles. The molecule has 0 atom stereocenters. The van der Waals surface area contributed by atoms with Gasteiger partial charge in [0.25, 0.3) is 0 Å². The van der Waals surface area contributed by atoms with Crippen LogP contribution in [0.15, 0.2) is 22.7 Å². The van der Waals surface area contributed by atoms with Gasteiger partial charge in [0.05, 0.1) is 12.5 Å². The number of benzene rings is 1. The fraction of sp³-hybridized carbons (Fsp3) is 0.533. The first kappa shape index (κ1) is 14.4. The van der Waals surface area contributed by atoms with Crippen molar-refractivity contribution in [1.82, 2.24) is 0 Å². The summed E-state index contributed by atoms with van der Waals surface area (Å²) in [6.45, 7) is 0. The minimum absolute atomic E-state index is 0.547. The van der Waals surface area contributed by atoms with E-state index in [9.17, 15) is 9.90 Å². The number of carbonyl (C=O) groups is 1. The molecular formula is C15H19BrO3. The van der Waals surface area contributed by atoms with E-state index in [4.69, 9.17) is 4.74 Å². The van der Waals surface area contributed by atoms with Crippen LogP contribution in [0.2, 0.25) is 0 Å². The molecule has 3 nitrogen and oxygen atoms in total. The maximum absolute atomic E-state index is 11.7. The molecule has 1 aromatic rings. The molecule has 0 saturated heterocycles. The van der Waals surface area contributed by atoms with Crippen molar-refractivity contribution in [3.8, 4) is 5.75 Å². The molecule has 0 radical (unpaired) electrons. The average Bonchev–Trinajstić information content (AvgIpc) is 2.40. The summed E-state index contributed by atoms with van der Waals surface area (Å²) in [7, 11) is 1.63. The second-order valence-electron chi connectivity index (χ2n) is 5.28. The second kappa shape index (κ2) is 5.95. The van der Waals surface area contributed by atoms with Crippen molar-refractivity contribution in [2.75, 3.05) is 7.11 Å². The third-order valence-electron chi connectivity index (χ3n) is 4.04. The van der Waals surface area contributed by atoms with Gasteiger partial charge in [-0.1, -0.05) is 35.2 Å². The van der Waals surface area contributed by atoms with Crippen LogP contribution in [0.1, 0.15) is 37.7 Å². The first-order valence-electron chi connectivity index (χ1n) is 6.63. The Morgan fingerprint density at radius 3 is 2.63 bits per heavy atom. The van der Waals surface area contributed by atoms with Crippen molar-refractivity contribution in [3.05, 3.63) is 28.2 Å². The molecule has 0 aromatic heterocycles. The highest BCUT2D eigenvalue weighted by atomic mass is 79.9. The normalized spacial score (nSPS) is 18.0. The fourth-order valence-electron chi connectivity index (χ4n) is 2.94. The summed E-state index contributed by atoms with van der Waals surface area (Å²) in [6.07, 6.45) is 5.22. The van der Waals surface area contributed by atoms with Crippen LogP contribution in [-0.4, -0.2) is 18.2 Å². The number of halogens is 1. The largest absolute Gasteiger partial charge is 0.496 e. The van der Waals surface area contributed by atoms with Gasteiger partial charge in [0.2, 0.25) is 0 Å². The lowest BCUT2D eigenvalue weighted by atomic mass is 9.70. The van der Waals surface area contributed by atoms with Crippen molar-refractivity contribution in [2.45, 2.75) is 38.5 Å². The number of ether oxygens (including phenoxy) is 1. The molecule has 2 rings (SSSR count). The molecule has 1 N–H and O–H groups in total. The van der Waals surface area contributed by atoms with Crippen molar-refractivity contribution < 1.29 is 14.6 Å². The molecule has 1 aliphatic carbocycles. The minimum Gasteiger partial charge on any atom is -0.496 e. The number of carboxylic acids is 1.